The third kappa shape index (κ3) is 25.0. The standard InChI is InChI=1S/C59H78N6O16/c1-37(66)27-31-63-58(80)42(36-49(71)43(64-56(78)25-17-40-13-21-47(69)52(74)34-40)9-3-6-28-60-54(76)23-15-38-11-19-45(67)50(72)32-38)8-2-5-30-62-59(81)44(65-57(79)26-18-41-14-22-48(70)53(75)35-41)10-4-7-29-61-55(77)24-16-39-12-20-46(68)51(73)33-39/h11-14,19-22,32-35,42-44,67-70,72-75H,2-10,15-18,23-31,36H2,1H3,(H,60,76)(H,61,77)(H,62,81)(H,63,80)(H,64,78)(H,65,79). The summed E-state index contributed by atoms with van der Waals surface area (Å²) in [5.74, 6) is -6.27. The Balaban J connectivity index is 1.35. The Morgan fingerprint density at radius 3 is 1.11 bits per heavy atom. The van der Waals surface area contributed by atoms with Crippen molar-refractivity contribution in [2.75, 3.05) is 26.2 Å². The highest BCUT2D eigenvalue weighted by Crippen LogP contribution is 2.28. The summed E-state index contributed by atoms with van der Waals surface area (Å²) >= 11 is 0. The molecule has 3 unspecified atom stereocenters. The maximum atomic E-state index is 14.2. The van der Waals surface area contributed by atoms with Crippen LogP contribution in [0, 0.1) is 5.92 Å². The quantitative estimate of drug-likeness (QED) is 0.0216. The molecule has 0 spiro atoms. The summed E-state index contributed by atoms with van der Waals surface area (Å²) in [6.07, 6.45) is 3.94. The monoisotopic (exact) mass is 1130 g/mol. The summed E-state index contributed by atoms with van der Waals surface area (Å²) in [6, 6.07) is 15.0. The van der Waals surface area contributed by atoms with Crippen LogP contribution in [0.1, 0.15) is 125 Å². The van der Waals surface area contributed by atoms with Crippen LogP contribution in [0.5, 0.6) is 46.0 Å². The van der Waals surface area contributed by atoms with E-state index in [4.69, 9.17) is 0 Å². The minimum atomic E-state index is -1.03. The Morgan fingerprint density at radius 2 is 0.716 bits per heavy atom. The summed E-state index contributed by atoms with van der Waals surface area (Å²) < 4.78 is 0. The Morgan fingerprint density at radius 1 is 0.370 bits per heavy atom. The van der Waals surface area contributed by atoms with E-state index < -0.39 is 47.4 Å². The number of ketones is 2. The fraction of sp³-hybridized carbons (Fsp3) is 0.458. The maximum Gasteiger partial charge on any atom is 0.242 e. The van der Waals surface area contributed by atoms with Gasteiger partial charge in [-0.15, -0.1) is 0 Å². The lowest BCUT2D eigenvalue weighted by molar-refractivity contribution is -0.132. The van der Waals surface area contributed by atoms with Crippen LogP contribution < -0.4 is 31.9 Å². The van der Waals surface area contributed by atoms with E-state index in [0.717, 1.165) is 0 Å². The van der Waals surface area contributed by atoms with Crippen molar-refractivity contribution in [1.29, 1.82) is 0 Å². The van der Waals surface area contributed by atoms with Crippen molar-refractivity contribution in [3.05, 3.63) is 95.1 Å². The van der Waals surface area contributed by atoms with E-state index in [2.05, 4.69) is 31.9 Å². The molecule has 3 atom stereocenters. The van der Waals surface area contributed by atoms with E-state index in [1.807, 2.05) is 0 Å². The molecule has 6 amide bonds. The molecule has 0 saturated carbocycles. The van der Waals surface area contributed by atoms with Crippen molar-refractivity contribution in [2.45, 2.75) is 141 Å². The zero-order valence-corrected chi connectivity index (χ0v) is 45.8. The number of benzene rings is 4. The summed E-state index contributed by atoms with van der Waals surface area (Å²) in [5.41, 5.74) is 2.46. The number of carbonyl (C=O) groups is 8. The second kappa shape index (κ2) is 34.4. The van der Waals surface area contributed by atoms with E-state index in [0.29, 0.717) is 73.6 Å². The van der Waals surface area contributed by atoms with Crippen LogP contribution in [0.2, 0.25) is 0 Å². The number of aryl methyl sites for hydroxylation is 4. The first-order chi connectivity index (χ1) is 38.7. The van der Waals surface area contributed by atoms with Crippen LogP contribution in [0.4, 0.5) is 0 Å². The highest BCUT2D eigenvalue weighted by Gasteiger charge is 2.28. The van der Waals surface area contributed by atoms with Gasteiger partial charge in [0, 0.05) is 70.6 Å². The molecule has 0 aliphatic rings. The van der Waals surface area contributed by atoms with Gasteiger partial charge >= 0.3 is 0 Å². The smallest absolute Gasteiger partial charge is 0.242 e. The van der Waals surface area contributed by atoms with Crippen molar-refractivity contribution < 1.29 is 79.2 Å². The number of amides is 6. The largest absolute Gasteiger partial charge is 0.504 e. The Labute approximate surface area is 470 Å². The molecule has 4 rings (SSSR count). The number of phenols is 8. The highest BCUT2D eigenvalue weighted by atomic mass is 16.3. The van der Waals surface area contributed by atoms with Gasteiger partial charge in [0.15, 0.2) is 51.8 Å². The minimum Gasteiger partial charge on any atom is -0.504 e. The number of aromatic hydroxyl groups is 8. The molecule has 0 aliphatic carbocycles. The van der Waals surface area contributed by atoms with Gasteiger partial charge in [-0.2, -0.15) is 0 Å². The fourth-order valence-corrected chi connectivity index (χ4v) is 8.69. The van der Waals surface area contributed by atoms with Crippen LogP contribution in [0.15, 0.2) is 72.8 Å². The summed E-state index contributed by atoms with van der Waals surface area (Å²) in [4.78, 5) is 105. The van der Waals surface area contributed by atoms with Crippen LogP contribution >= 0.6 is 0 Å². The average molecular weight is 1130 g/mol. The minimum absolute atomic E-state index is 0.0368. The highest BCUT2D eigenvalue weighted by molar-refractivity contribution is 5.93. The Bertz CT molecular complexity index is 2770. The van der Waals surface area contributed by atoms with Crippen molar-refractivity contribution in [2.24, 2.45) is 5.92 Å². The topological polar surface area (TPSA) is 371 Å². The lowest BCUT2D eigenvalue weighted by atomic mass is 9.91. The number of carbonyl (C=O) groups excluding carboxylic acids is 8. The summed E-state index contributed by atoms with van der Waals surface area (Å²) in [7, 11) is 0. The molecule has 0 bridgehead atoms. The van der Waals surface area contributed by atoms with Gasteiger partial charge in [0.05, 0.1) is 6.04 Å². The van der Waals surface area contributed by atoms with Gasteiger partial charge in [0.2, 0.25) is 35.4 Å². The molecular formula is C59H78N6O16. The third-order valence-electron chi connectivity index (χ3n) is 13.5. The first-order valence-electron chi connectivity index (χ1n) is 27.4. The first-order valence-corrected chi connectivity index (χ1v) is 27.4. The molecule has 0 saturated heterocycles. The molecule has 81 heavy (non-hydrogen) atoms. The van der Waals surface area contributed by atoms with E-state index in [9.17, 15) is 79.2 Å². The van der Waals surface area contributed by atoms with Crippen molar-refractivity contribution in [3.8, 4) is 46.0 Å². The number of nitrogens with one attached hydrogen (secondary N) is 6. The molecule has 0 aliphatic heterocycles. The number of unbranched alkanes of at least 4 members (excludes halogenated alkanes) is 3. The number of rotatable bonds is 37. The fourth-order valence-electron chi connectivity index (χ4n) is 8.69. The molecule has 0 heterocycles. The number of Topliss-reactive ketones (excluding diaryl/α,β-unsaturated/α-hetero) is 2. The molecule has 22 nitrogen and oxygen atoms in total. The van der Waals surface area contributed by atoms with Crippen LogP contribution in [0.3, 0.4) is 0 Å². The van der Waals surface area contributed by atoms with E-state index in [-0.39, 0.29) is 160 Å². The van der Waals surface area contributed by atoms with Crippen LogP contribution in [-0.2, 0) is 64.0 Å². The predicted octanol–water partition coefficient (Wildman–Crippen LogP) is 4.66. The molecule has 4 aromatic rings. The van der Waals surface area contributed by atoms with Crippen LogP contribution in [0.25, 0.3) is 0 Å². The predicted molar refractivity (Wildman–Crippen MR) is 298 cm³/mol. The molecule has 0 fully saturated rings. The van der Waals surface area contributed by atoms with Gasteiger partial charge < -0.3 is 72.8 Å². The zero-order valence-electron chi connectivity index (χ0n) is 45.8. The first kappa shape index (κ1) is 65.0. The van der Waals surface area contributed by atoms with Crippen molar-refractivity contribution in [1.82, 2.24) is 31.9 Å². The summed E-state index contributed by atoms with van der Waals surface area (Å²) in [5, 5.41) is 94.7. The second-order valence-corrected chi connectivity index (χ2v) is 20.1. The van der Waals surface area contributed by atoms with Gasteiger partial charge in [-0.25, -0.2) is 0 Å². The number of hydrogen-bond donors (Lipinski definition) is 14. The third-order valence-corrected chi connectivity index (χ3v) is 13.5. The van der Waals surface area contributed by atoms with Crippen molar-refractivity contribution in [3.63, 3.8) is 0 Å². The zero-order chi connectivity index (χ0) is 59.3. The van der Waals surface area contributed by atoms with Crippen molar-refractivity contribution >= 4 is 47.0 Å². The lowest BCUT2D eigenvalue weighted by Gasteiger charge is -2.22. The SMILES string of the molecule is CC(=O)CCNC(=O)C(CCCCNC(=O)C(CCCCNC(=O)CCc1ccc(O)c(O)c1)NC(=O)CCc1ccc(O)c(O)c1)CC(=O)C(CCCCNC(=O)CCc1ccc(O)c(O)c1)NC(=O)CCc1ccc(O)c(O)c1. The molecule has 14 N–H and O–H groups in total. The second-order valence-electron chi connectivity index (χ2n) is 20.1. The normalized spacial score (nSPS) is 12.1. The molecule has 440 valence electrons. The van der Waals surface area contributed by atoms with Gasteiger partial charge in [0.1, 0.15) is 11.8 Å². The molecule has 22 heteroatoms. The number of hydrogen-bond acceptors (Lipinski definition) is 16. The van der Waals surface area contributed by atoms with E-state index in [1.165, 1.54) is 55.5 Å². The van der Waals surface area contributed by atoms with Gasteiger partial charge in [-0.1, -0.05) is 30.7 Å². The van der Waals surface area contributed by atoms with E-state index >= 15 is 0 Å². The van der Waals surface area contributed by atoms with Gasteiger partial charge in [-0.3, -0.25) is 38.4 Å². The average Bonchev–Trinajstić information content (AvgIpc) is 3.42. The molecule has 0 radical (unpaired) electrons. The maximum absolute atomic E-state index is 14.2. The molecule has 0 aromatic heterocycles. The van der Waals surface area contributed by atoms with Gasteiger partial charge in [-0.05, 0) is 155 Å². The Hall–Kier alpha value is -8.56. The molecular weight excluding hydrogens is 1050 g/mol. The Kier molecular flexibility index (Phi) is 27.6. The van der Waals surface area contributed by atoms with E-state index in [1.54, 1.807) is 24.3 Å². The van der Waals surface area contributed by atoms with Gasteiger partial charge in [0.25, 0.3) is 0 Å². The summed E-state index contributed by atoms with van der Waals surface area (Å²) in [6.45, 7) is 2.10. The lowest BCUT2D eigenvalue weighted by Crippen LogP contribution is -2.47. The molecule has 4 aromatic carbocycles. The van der Waals surface area contributed by atoms with Crippen LogP contribution in [-0.4, -0.2) is 126 Å². The number of phenolic OH excluding ortho intramolecular Hbond substituents is 8.